The predicted octanol–water partition coefficient (Wildman–Crippen LogP) is 3.46. The minimum Gasteiger partial charge on any atom is -0.497 e. The molecular formula is C21H20N2O3. The fourth-order valence-corrected chi connectivity index (χ4v) is 4.68. The number of fused-ring (bicyclic) bond motifs is 5. The van der Waals surface area contributed by atoms with E-state index in [0.29, 0.717) is 6.42 Å². The number of anilines is 1. The second kappa shape index (κ2) is 5.59. The first-order chi connectivity index (χ1) is 12.7. The third kappa shape index (κ3) is 2.03. The lowest BCUT2D eigenvalue weighted by Crippen LogP contribution is -2.40. The van der Waals surface area contributed by atoms with Crippen LogP contribution in [0.1, 0.15) is 52.8 Å². The molecule has 3 heterocycles. The molecule has 0 unspecified atom stereocenters. The number of ether oxygens (including phenoxy) is 1. The van der Waals surface area contributed by atoms with Crippen LogP contribution in [0.25, 0.3) is 0 Å². The number of benzene rings is 2. The number of hydrogen-bond donors (Lipinski definition) is 0. The monoisotopic (exact) mass is 348 g/mol. The predicted molar refractivity (Wildman–Crippen MR) is 97.3 cm³/mol. The van der Waals surface area contributed by atoms with Crippen molar-refractivity contribution < 1.29 is 14.3 Å². The molecule has 3 aliphatic heterocycles. The van der Waals surface area contributed by atoms with Crippen LogP contribution in [-0.2, 0) is 4.79 Å². The molecule has 0 aromatic heterocycles. The smallest absolute Gasteiger partial charge is 0.259 e. The quantitative estimate of drug-likeness (QED) is 0.835. The molecule has 0 aliphatic carbocycles. The molecule has 2 aromatic carbocycles. The first kappa shape index (κ1) is 15.4. The maximum Gasteiger partial charge on any atom is 0.259 e. The Morgan fingerprint density at radius 2 is 1.88 bits per heavy atom. The van der Waals surface area contributed by atoms with Crippen LogP contribution in [0.15, 0.2) is 42.5 Å². The molecule has 5 heteroatoms. The molecule has 2 amide bonds. The minimum absolute atomic E-state index is 0.0157. The van der Waals surface area contributed by atoms with E-state index in [1.165, 1.54) is 0 Å². The van der Waals surface area contributed by atoms with E-state index in [1.807, 2.05) is 52.3 Å². The van der Waals surface area contributed by atoms with Gasteiger partial charge in [-0.3, -0.25) is 9.59 Å². The number of nitrogens with zero attached hydrogens (tertiary/aromatic N) is 2. The standard InChI is InChI=1S/C21H20N2O3/c1-26-13-8-9-17-16(11-13)18(22-10-4-7-20(22)24)12-19-14-5-2-3-6-15(14)21(25)23(17)19/h2-3,5-6,8-9,11,18-19H,4,7,10,12H2,1H3/t18-,19-/m0/s1. The Labute approximate surface area is 152 Å². The van der Waals surface area contributed by atoms with E-state index in [4.69, 9.17) is 4.74 Å². The average Bonchev–Trinajstić information content (AvgIpc) is 3.22. The molecule has 132 valence electrons. The fraction of sp³-hybridized carbons (Fsp3) is 0.333. The second-order valence-electron chi connectivity index (χ2n) is 7.15. The molecular weight excluding hydrogens is 328 g/mol. The van der Waals surface area contributed by atoms with Gasteiger partial charge in [-0.2, -0.15) is 0 Å². The summed E-state index contributed by atoms with van der Waals surface area (Å²) >= 11 is 0. The summed E-state index contributed by atoms with van der Waals surface area (Å²) in [6.45, 7) is 0.780. The molecule has 5 rings (SSSR count). The molecule has 2 atom stereocenters. The van der Waals surface area contributed by atoms with Crippen LogP contribution in [0.3, 0.4) is 0 Å². The van der Waals surface area contributed by atoms with Gasteiger partial charge in [0.25, 0.3) is 5.91 Å². The van der Waals surface area contributed by atoms with Crippen molar-refractivity contribution >= 4 is 17.5 Å². The van der Waals surface area contributed by atoms with Crippen molar-refractivity contribution in [3.63, 3.8) is 0 Å². The Bertz CT molecular complexity index is 923. The zero-order valence-corrected chi connectivity index (χ0v) is 14.6. The first-order valence-electron chi connectivity index (χ1n) is 9.09. The van der Waals surface area contributed by atoms with Crippen molar-refractivity contribution in [2.24, 2.45) is 0 Å². The van der Waals surface area contributed by atoms with Crippen LogP contribution >= 0.6 is 0 Å². The molecule has 26 heavy (non-hydrogen) atoms. The van der Waals surface area contributed by atoms with Crippen LogP contribution in [0.5, 0.6) is 5.75 Å². The Morgan fingerprint density at radius 1 is 1.04 bits per heavy atom. The lowest BCUT2D eigenvalue weighted by atomic mass is 9.88. The van der Waals surface area contributed by atoms with Gasteiger partial charge in [-0.15, -0.1) is 0 Å². The van der Waals surface area contributed by atoms with Crippen molar-refractivity contribution in [2.45, 2.75) is 31.3 Å². The molecule has 5 nitrogen and oxygen atoms in total. The number of methoxy groups -OCH3 is 1. The lowest BCUT2D eigenvalue weighted by Gasteiger charge is -2.41. The zero-order chi connectivity index (χ0) is 17.8. The number of carbonyl (C=O) groups excluding carboxylic acids is 2. The normalized spacial score (nSPS) is 23.7. The van der Waals surface area contributed by atoms with Gasteiger partial charge in [-0.1, -0.05) is 18.2 Å². The number of likely N-dealkylation sites (tertiary alicyclic amines) is 1. The van der Waals surface area contributed by atoms with E-state index in [2.05, 4.69) is 0 Å². The number of carbonyl (C=O) groups is 2. The van der Waals surface area contributed by atoms with Crippen LogP contribution in [0.4, 0.5) is 5.69 Å². The summed E-state index contributed by atoms with van der Waals surface area (Å²) in [6, 6.07) is 13.6. The molecule has 0 bridgehead atoms. The van der Waals surface area contributed by atoms with E-state index in [1.54, 1.807) is 7.11 Å². The van der Waals surface area contributed by atoms with Gasteiger partial charge in [0, 0.05) is 24.1 Å². The topological polar surface area (TPSA) is 49.9 Å². The fourth-order valence-electron chi connectivity index (χ4n) is 4.68. The van der Waals surface area contributed by atoms with Crippen molar-refractivity contribution in [1.82, 2.24) is 4.90 Å². The molecule has 1 fully saturated rings. The Hall–Kier alpha value is -2.82. The van der Waals surface area contributed by atoms with E-state index in [-0.39, 0.29) is 23.9 Å². The maximum atomic E-state index is 13.1. The van der Waals surface area contributed by atoms with Gasteiger partial charge in [-0.25, -0.2) is 0 Å². The molecule has 0 radical (unpaired) electrons. The molecule has 0 spiro atoms. The van der Waals surface area contributed by atoms with Crippen LogP contribution in [0, 0.1) is 0 Å². The second-order valence-corrected chi connectivity index (χ2v) is 7.15. The Balaban J connectivity index is 1.68. The van der Waals surface area contributed by atoms with Crippen LogP contribution in [-0.4, -0.2) is 30.4 Å². The van der Waals surface area contributed by atoms with Crippen LogP contribution < -0.4 is 9.64 Å². The van der Waals surface area contributed by atoms with Gasteiger partial charge in [0.15, 0.2) is 0 Å². The number of amides is 2. The summed E-state index contributed by atoms with van der Waals surface area (Å²) in [6.07, 6.45) is 2.24. The summed E-state index contributed by atoms with van der Waals surface area (Å²) in [4.78, 5) is 29.4. The summed E-state index contributed by atoms with van der Waals surface area (Å²) in [5, 5.41) is 0. The highest BCUT2D eigenvalue weighted by molar-refractivity contribution is 6.12. The van der Waals surface area contributed by atoms with Crippen LogP contribution in [0.2, 0.25) is 0 Å². The summed E-state index contributed by atoms with van der Waals surface area (Å²) in [5.41, 5.74) is 3.74. The summed E-state index contributed by atoms with van der Waals surface area (Å²) in [5.74, 6) is 1.00. The average molecular weight is 348 g/mol. The van der Waals surface area contributed by atoms with E-state index in [0.717, 1.165) is 47.5 Å². The van der Waals surface area contributed by atoms with Gasteiger partial charge < -0.3 is 14.5 Å². The van der Waals surface area contributed by atoms with Gasteiger partial charge in [0.2, 0.25) is 5.91 Å². The molecule has 0 saturated carbocycles. The highest BCUT2D eigenvalue weighted by Crippen LogP contribution is 2.51. The number of rotatable bonds is 2. The molecule has 0 N–H and O–H groups in total. The largest absolute Gasteiger partial charge is 0.497 e. The molecule has 2 aromatic rings. The highest BCUT2D eigenvalue weighted by atomic mass is 16.5. The van der Waals surface area contributed by atoms with Gasteiger partial charge in [0.1, 0.15) is 5.75 Å². The van der Waals surface area contributed by atoms with E-state index in [9.17, 15) is 9.59 Å². The van der Waals surface area contributed by atoms with Gasteiger partial charge >= 0.3 is 0 Å². The van der Waals surface area contributed by atoms with E-state index >= 15 is 0 Å². The third-order valence-electron chi connectivity index (χ3n) is 5.87. The lowest BCUT2D eigenvalue weighted by molar-refractivity contribution is -0.130. The highest BCUT2D eigenvalue weighted by Gasteiger charge is 2.46. The third-order valence-corrected chi connectivity index (χ3v) is 5.87. The minimum atomic E-state index is -0.0182. The molecule has 1 saturated heterocycles. The molecule has 3 aliphatic rings. The summed E-state index contributed by atoms with van der Waals surface area (Å²) < 4.78 is 5.41. The Morgan fingerprint density at radius 3 is 2.65 bits per heavy atom. The first-order valence-corrected chi connectivity index (χ1v) is 9.09. The van der Waals surface area contributed by atoms with Crippen molar-refractivity contribution in [1.29, 1.82) is 0 Å². The zero-order valence-electron chi connectivity index (χ0n) is 14.6. The van der Waals surface area contributed by atoms with Gasteiger partial charge in [0.05, 0.1) is 24.9 Å². The maximum absolute atomic E-state index is 13.1. The van der Waals surface area contributed by atoms with E-state index < -0.39 is 0 Å². The van der Waals surface area contributed by atoms with Crippen molar-refractivity contribution in [3.8, 4) is 5.75 Å². The van der Waals surface area contributed by atoms with Gasteiger partial charge in [-0.05, 0) is 42.7 Å². The summed E-state index contributed by atoms with van der Waals surface area (Å²) in [7, 11) is 1.64. The number of hydrogen-bond acceptors (Lipinski definition) is 3. The van der Waals surface area contributed by atoms with Crippen molar-refractivity contribution in [2.75, 3.05) is 18.6 Å². The van der Waals surface area contributed by atoms with Crippen molar-refractivity contribution in [3.05, 3.63) is 59.2 Å². The SMILES string of the molecule is COc1ccc2c(c1)[C@@H](N1CCCC1=O)C[C@H]1c3ccccc3C(=O)N21. The Kier molecular flexibility index (Phi) is 3.32.